The third-order valence-corrected chi connectivity index (χ3v) is 8.35. The number of carboxylic acids is 1. The number of rotatable bonds is 29. The first-order chi connectivity index (χ1) is 22.3. The van der Waals surface area contributed by atoms with Crippen molar-refractivity contribution in [3.63, 3.8) is 0 Å². The summed E-state index contributed by atoms with van der Waals surface area (Å²) in [5.41, 5.74) is 11.7. The van der Waals surface area contributed by atoms with Gasteiger partial charge in [-0.3, -0.25) is 14.4 Å². The molecule has 0 saturated heterocycles. The highest BCUT2D eigenvalue weighted by Crippen LogP contribution is 2.15. The normalized spacial score (nSPS) is 13.0. The van der Waals surface area contributed by atoms with Crippen LogP contribution in [0, 0.1) is 0 Å². The van der Waals surface area contributed by atoms with E-state index < -0.39 is 35.9 Å². The number of carboxylic acid groups (broad SMARTS) is 1. The fourth-order valence-electron chi connectivity index (χ4n) is 5.54. The van der Waals surface area contributed by atoms with Crippen LogP contribution in [0.4, 0.5) is 0 Å². The number of nitrogens with two attached hydrogens (primary N) is 2. The highest BCUT2D eigenvalue weighted by Gasteiger charge is 2.30. The molecule has 1 rings (SSSR count). The number of hydrogen-bond acceptors (Lipinski definition) is 6. The number of hydrogen-bond donors (Lipinski definition) is 6. The van der Waals surface area contributed by atoms with Crippen LogP contribution in [-0.2, 0) is 19.2 Å². The first-order valence-corrected chi connectivity index (χ1v) is 17.9. The standard InChI is InChI=1S/C36H63N5O5/c1-2-3-4-5-6-7-8-9-10-11-12-13-17-26-32(42)39-30(24-18-20-27-37)34(43)40-31(25-19-21-28-38)35(44)41-33(36(45)46)29-22-15-14-16-23-29/h14-16,22-23,30-31,33H,2-13,17-21,24-28,37-38H2,1H3,(H,39,42)(H,40,43)(H,41,44)(H,45,46)/t30-,31-,33-/m0/s1. The van der Waals surface area contributed by atoms with Crippen LogP contribution in [0.2, 0.25) is 0 Å². The summed E-state index contributed by atoms with van der Waals surface area (Å²) in [6.07, 6.45) is 19.5. The van der Waals surface area contributed by atoms with E-state index in [2.05, 4.69) is 22.9 Å². The van der Waals surface area contributed by atoms with Crippen molar-refractivity contribution in [1.82, 2.24) is 16.0 Å². The zero-order valence-electron chi connectivity index (χ0n) is 28.4. The van der Waals surface area contributed by atoms with Crippen LogP contribution in [0.15, 0.2) is 30.3 Å². The Morgan fingerprint density at radius 3 is 1.54 bits per heavy atom. The topological polar surface area (TPSA) is 177 Å². The molecule has 0 radical (unpaired) electrons. The Morgan fingerprint density at radius 1 is 0.609 bits per heavy atom. The molecule has 10 nitrogen and oxygen atoms in total. The lowest BCUT2D eigenvalue weighted by Crippen LogP contribution is -2.54. The maximum Gasteiger partial charge on any atom is 0.330 e. The highest BCUT2D eigenvalue weighted by atomic mass is 16.4. The lowest BCUT2D eigenvalue weighted by molar-refractivity contribution is -0.142. The largest absolute Gasteiger partial charge is 0.479 e. The van der Waals surface area contributed by atoms with Crippen molar-refractivity contribution in [2.75, 3.05) is 13.1 Å². The SMILES string of the molecule is CCCCCCCCCCCCCCCC(=O)N[C@@H](CCCCN)C(=O)N[C@@H](CCCCN)C(=O)N[C@H](C(=O)O)c1ccccc1. The molecule has 0 aliphatic heterocycles. The fraction of sp³-hybridized carbons (Fsp3) is 0.722. The van der Waals surface area contributed by atoms with Crippen molar-refractivity contribution in [1.29, 1.82) is 0 Å². The van der Waals surface area contributed by atoms with Gasteiger partial charge in [-0.25, -0.2) is 4.79 Å². The van der Waals surface area contributed by atoms with Gasteiger partial charge in [0, 0.05) is 6.42 Å². The van der Waals surface area contributed by atoms with E-state index in [4.69, 9.17) is 11.5 Å². The molecule has 0 aliphatic carbocycles. The molecular weight excluding hydrogens is 582 g/mol. The summed E-state index contributed by atoms with van der Waals surface area (Å²) in [6.45, 7) is 3.15. The van der Waals surface area contributed by atoms with Crippen LogP contribution in [0.3, 0.4) is 0 Å². The summed E-state index contributed by atoms with van der Waals surface area (Å²) < 4.78 is 0. The van der Waals surface area contributed by atoms with E-state index >= 15 is 0 Å². The Kier molecular flexibility index (Phi) is 24.2. The second-order valence-corrected chi connectivity index (χ2v) is 12.4. The van der Waals surface area contributed by atoms with Crippen LogP contribution < -0.4 is 27.4 Å². The summed E-state index contributed by atoms with van der Waals surface area (Å²) in [5, 5.41) is 18.0. The van der Waals surface area contributed by atoms with Gasteiger partial charge < -0.3 is 32.5 Å². The van der Waals surface area contributed by atoms with Crippen LogP contribution >= 0.6 is 0 Å². The van der Waals surface area contributed by atoms with Crippen molar-refractivity contribution in [2.24, 2.45) is 11.5 Å². The molecule has 10 heteroatoms. The Balaban J connectivity index is 2.62. The second-order valence-electron chi connectivity index (χ2n) is 12.4. The molecule has 0 fully saturated rings. The van der Waals surface area contributed by atoms with Crippen molar-refractivity contribution in [2.45, 2.75) is 153 Å². The lowest BCUT2D eigenvalue weighted by Gasteiger charge is -2.25. The smallest absolute Gasteiger partial charge is 0.330 e. The molecule has 46 heavy (non-hydrogen) atoms. The minimum Gasteiger partial charge on any atom is -0.479 e. The molecule has 0 heterocycles. The van der Waals surface area contributed by atoms with Gasteiger partial charge in [0.15, 0.2) is 6.04 Å². The van der Waals surface area contributed by atoms with Gasteiger partial charge in [0.25, 0.3) is 0 Å². The number of amides is 3. The van der Waals surface area contributed by atoms with Crippen molar-refractivity contribution in [3.05, 3.63) is 35.9 Å². The quantitative estimate of drug-likeness (QED) is 0.0611. The predicted molar refractivity (Wildman–Crippen MR) is 185 cm³/mol. The molecule has 262 valence electrons. The first-order valence-electron chi connectivity index (χ1n) is 17.9. The predicted octanol–water partition coefficient (Wildman–Crippen LogP) is 5.64. The highest BCUT2D eigenvalue weighted by molar-refractivity contribution is 5.93. The summed E-state index contributed by atoms with van der Waals surface area (Å²) in [7, 11) is 0. The van der Waals surface area contributed by atoms with E-state index in [9.17, 15) is 24.3 Å². The summed E-state index contributed by atoms with van der Waals surface area (Å²) in [4.78, 5) is 51.5. The van der Waals surface area contributed by atoms with E-state index in [1.54, 1.807) is 30.3 Å². The van der Waals surface area contributed by atoms with E-state index in [1.165, 1.54) is 64.2 Å². The molecule has 3 amide bonds. The average Bonchev–Trinajstić information content (AvgIpc) is 3.05. The number of aliphatic carboxylic acids is 1. The van der Waals surface area contributed by atoms with Crippen LogP contribution in [0.25, 0.3) is 0 Å². The molecule has 1 aromatic carbocycles. The molecule has 0 unspecified atom stereocenters. The molecule has 3 atom stereocenters. The van der Waals surface area contributed by atoms with E-state index in [0.29, 0.717) is 63.6 Å². The maximum atomic E-state index is 13.4. The molecule has 8 N–H and O–H groups in total. The number of carbonyl (C=O) groups excluding carboxylic acids is 3. The van der Waals surface area contributed by atoms with Gasteiger partial charge in [-0.05, 0) is 63.6 Å². The van der Waals surface area contributed by atoms with Crippen molar-refractivity contribution >= 4 is 23.7 Å². The number of unbranched alkanes of at least 4 members (excludes halogenated alkanes) is 14. The minimum atomic E-state index is -1.26. The number of carbonyl (C=O) groups is 4. The third kappa shape index (κ3) is 19.5. The number of nitrogens with one attached hydrogen (secondary N) is 3. The van der Waals surface area contributed by atoms with E-state index in [0.717, 1.165) is 19.3 Å². The minimum absolute atomic E-state index is 0.185. The Morgan fingerprint density at radius 2 is 1.07 bits per heavy atom. The molecular formula is C36H63N5O5. The van der Waals surface area contributed by atoms with Gasteiger partial charge in [0.1, 0.15) is 12.1 Å². The van der Waals surface area contributed by atoms with Crippen LogP contribution in [0.1, 0.15) is 147 Å². The van der Waals surface area contributed by atoms with Crippen molar-refractivity contribution < 1.29 is 24.3 Å². The first kappa shape index (κ1) is 41.0. The van der Waals surface area contributed by atoms with Crippen LogP contribution in [0.5, 0.6) is 0 Å². The summed E-state index contributed by atoms with van der Waals surface area (Å²) in [6, 6.07) is 5.37. The average molecular weight is 646 g/mol. The summed E-state index contributed by atoms with van der Waals surface area (Å²) in [5.74, 6) is -2.45. The second kappa shape index (κ2) is 27.2. The van der Waals surface area contributed by atoms with Crippen molar-refractivity contribution in [3.8, 4) is 0 Å². The van der Waals surface area contributed by atoms with Gasteiger partial charge in [-0.1, -0.05) is 114 Å². The Hall–Kier alpha value is -2.98. The van der Waals surface area contributed by atoms with E-state index in [-0.39, 0.29) is 5.91 Å². The zero-order chi connectivity index (χ0) is 33.8. The zero-order valence-corrected chi connectivity index (χ0v) is 28.4. The van der Waals surface area contributed by atoms with Gasteiger partial charge in [0.05, 0.1) is 0 Å². The Labute approximate surface area is 277 Å². The van der Waals surface area contributed by atoms with Gasteiger partial charge in [-0.15, -0.1) is 0 Å². The lowest BCUT2D eigenvalue weighted by atomic mass is 10.0. The maximum absolute atomic E-state index is 13.4. The fourth-order valence-corrected chi connectivity index (χ4v) is 5.54. The van der Waals surface area contributed by atoms with Gasteiger partial charge in [0.2, 0.25) is 17.7 Å². The molecule has 0 spiro atoms. The van der Waals surface area contributed by atoms with Gasteiger partial charge >= 0.3 is 5.97 Å². The summed E-state index contributed by atoms with van der Waals surface area (Å²) >= 11 is 0. The monoisotopic (exact) mass is 645 g/mol. The number of benzene rings is 1. The Bertz CT molecular complexity index is 961. The molecule has 0 saturated carbocycles. The molecule has 0 bridgehead atoms. The molecule has 0 aromatic heterocycles. The van der Waals surface area contributed by atoms with E-state index in [1.807, 2.05) is 0 Å². The molecule has 1 aromatic rings. The van der Waals surface area contributed by atoms with Gasteiger partial charge in [-0.2, -0.15) is 0 Å². The molecule has 0 aliphatic rings. The van der Waals surface area contributed by atoms with Crippen LogP contribution in [-0.4, -0.2) is 54.0 Å². The third-order valence-electron chi connectivity index (χ3n) is 8.35.